The number of hydrogen-bond acceptors (Lipinski definition) is 5. The van der Waals surface area contributed by atoms with Gasteiger partial charge in [-0.3, -0.25) is 9.69 Å². The van der Waals surface area contributed by atoms with Crippen molar-refractivity contribution in [1.29, 1.82) is 0 Å². The molecule has 2 aromatic heterocycles. The number of carbonyl (C=O) groups is 1. The summed E-state index contributed by atoms with van der Waals surface area (Å²) in [6.07, 6.45) is 9.72. The molecule has 2 bridgehead atoms. The van der Waals surface area contributed by atoms with E-state index >= 15 is 0 Å². The van der Waals surface area contributed by atoms with Crippen LogP contribution in [-0.4, -0.2) is 69.1 Å². The van der Waals surface area contributed by atoms with Gasteiger partial charge in [0.1, 0.15) is 11.4 Å². The molecular weight excluding hydrogens is 522 g/mol. The Balaban J connectivity index is 1.07. The summed E-state index contributed by atoms with van der Waals surface area (Å²) in [5.74, 6) is 1.56. The van der Waals surface area contributed by atoms with E-state index in [4.69, 9.17) is 9.72 Å². The fraction of sp³-hybridized carbons (Fsp3) is 0.457. The van der Waals surface area contributed by atoms with Crippen LogP contribution in [0.25, 0.3) is 11.0 Å². The lowest BCUT2D eigenvalue weighted by Crippen LogP contribution is -2.49. The summed E-state index contributed by atoms with van der Waals surface area (Å²) in [6, 6.07) is 25.0. The molecule has 0 unspecified atom stereocenters. The maximum Gasteiger partial charge on any atom is 0.259 e. The Morgan fingerprint density at radius 2 is 1.64 bits per heavy atom. The molecule has 7 heteroatoms. The highest BCUT2D eigenvalue weighted by atomic mass is 16.5. The number of hydrogen-bond donors (Lipinski definition) is 0. The molecule has 0 N–H and O–H groups in total. The minimum atomic E-state index is 0.0176. The molecule has 5 heterocycles. The highest BCUT2D eigenvalue weighted by molar-refractivity contribution is 5.96. The smallest absolute Gasteiger partial charge is 0.259 e. The number of fused-ring (bicyclic) bond motifs is 3. The van der Waals surface area contributed by atoms with Crippen molar-refractivity contribution in [3.63, 3.8) is 0 Å². The normalized spacial score (nSPS) is 23.8. The first kappa shape index (κ1) is 27.1. The van der Waals surface area contributed by atoms with Crippen molar-refractivity contribution in [2.45, 2.75) is 75.4 Å². The number of imidazole rings is 1. The van der Waals surface area contributed by atoms with Crippen LogP contribution < -0.4 is 4.74 Å². The van der Waals surface area contributed by atoms with Crippen LogP contribution in [0.3, 0.4) is 0 Å². The van der Waals surface area contributed by atoms with Crippen LogP contribution in [-0.2, 0) is 5.41 Å². The predicted octanol–water partition coefficient (Wildman–Crippen LogP) is 6.18. The number of aryl methyl sites for hydroxylation is 1. The zero-order chi connectivity index (χ0) is 28.7. The topological polar surface area (TPSA) is 63.5 Å². The number of aromatic nitrogens is 3. The van der Waals surface area contributed by atoms with E-state index < -0.39 is 0 Å². The molecule has 2 aromatic carbocycles. The number of rotatable bonds is 7. The van der Waals surface area contributed by atoms with Gasteiger partial charge in [-0.05, 0) is 93.7 Å². The van der Waals surface area contributed by atoms with Crippen LogP contribution in [0.15, 0.2) is 72.9 Å². The second-order valence-electron chi connectivity index (χ2n) is 12.5. The number of nitrogens with zero attached hydrogens (tertiary/aromatic N) is 5. The fourth-order valence-electron chi connectivity index (χ4n) is 8.29. The van der Waals surface area contributed by atoms with Crippen LogP contribution in [0.1, 0.15) is 72.7 Å². The van der Waals surface area contributed by atoms with Crippen LogP contribution in [0.5, 0.6) is 5.88 Å². The molecule has 0 aliphatic carbocycles. The third-order valence-corrected chi connectivity index (χ3v) is 10.4. The summed E-state index contributed by atoms with van der Waals surface area (Å²) in [6.45, 7) is 4.77. The van der Waals surface area contributed by atoms with E-state index in [0.29, 0.717) is 29.6 Å². The summed E-state index contributed by atoms with van der Waals surface area (Å²) in [5, 5.41) is 0. The van der Waals surface area contributed by atoms with Gasteiger partial charge in [0.15, 0.2) is 0 Å². The first-order valence-corrected chi connectivity index (χ1v) is 15.6. The predicted molar refractivity (Wildman–Crippen MR) is 165 cm³/mol. The van der Waals surface area contributed by atoms with Crippen molar-refractivity contribution in [3.05, 3.63) is 89.9 Å². The Kier molecular flexibility index (Phi) is 7.22. The first-order valence-electron chi connectivity index (χ1n) is 15.6. The molecule has 0 spiro atoms. The molecular formula is C35H41N5O2. The molecule has 3 aliphatic heterocycles. The van der Waals surface area contributed by atoms with Gasteiger partial charge in [-0.2, -0.15) is 0 Å². The van der Waals surface area contributed by atoms with Crippen molar-refractivity contribution in [3.8, 4) is 5.88 Å². The summed E-state index contributed by atoms with van der Waals surface area (Å²) >= 11 is 0. The Labute approximate surface area is 248 Å². The zero-order valence-electron chi connectivity index (χ0n) is 24.8. The van der Waals surface area contributed by atoms with E-state index in [9.17, 15) is 4.79 Å². The third kappa shape index (κ3) is 4.77. The highest BCUT2D eigenvalue weighted by Crippen LogP contribution is 2.45. The molecule has 3 atom stereocenters. The van der Waals surface area contributed by atoms with Gasteiger partial charge in [0.05, 0.1) is 18.1 Å². The number of benzene rings is 2. The summed E-state index contributed by atoms with van der Waals surface area (Å²) < 4.78 is 7.91. The van der Waals surface area contributed by atoms with Crippen molar-refractivity contribution in [2.24, 2.45) is 0 Å². The van der Waals surface area contributed by atoms with E-state index in [0.717, 1.165) is 50.2 Å². The molecule has 42 heavy (non-hydrogen) atoms. The monoisotopic (exact) mass is 563 g/mol. The number of pyridine rings is 1. The van der Waals surface area contributed by atoms with E-state index in [1.165, 1.54) is 36.8 Å². The van der Waals surface area contributed by atoms with E-state index in [-0.39, 0.29) is 11.3 Å². The number of amides is 1. The van der Waals surface area contributed by atoms with Gasteiger partial charge in [-0.25, -0.2) is 9.97 Å². The molecule has 3 aliphatic rings. The average Bonchev–Trinajstić information content (AvgIpc) is 3.50. The van der Waals surface area contributed by atoms with E-state index in [1.54, 1.807) is 13.3 Å². The fourth-order valence-corrected chi connectivity index (χ4v) is 8.29. The van der Waals surface area contributed by atoms with E-state index in [1.807, 2.05) is 17.0 Å². The number of ether oxygens (including phenoxy) is 1. The Morgan fingerprint density at radius 3 is 2.38 bits per heavy atom. The first-order chi connectivity index (χ1) is 20.6. The van der Waals surface area contributed by atoms with Gasteiger partial charge in [-0.1, -0.05) is 42.5 Å². The SMILES string of the molecule is COc1ncccc1C(=O)N1CCC(CCN2[C@@H]3CC[C@H]2C[C@@H](n2c(C)nc4ccccc42)C3)(c2ccccc2)CC1. The van der Waals surface area contributed by atoms with Gasteiger partial charge >= 0.3 is 0 Å². The summed E-state index contributed by atoms with van der Waals surface area (Å²) in [4.78, 5) is 27.4. The Morgan fingerprint density at radius 1 is 0.929 bits per heavy atom. The van der Waals surface area contributed by atoms with Gasteiger partial charge in [-0.15, -0.1) is 0 Å². The molecule has 1 amide bonds. The highest BCUT2D eigenvalue weighted by Gasteiger charge is 2.44. The second kappa shape index (κ2) is 11.2. The minimum Gasteiger partial charge on any atom is -0.480 e. The van der Waals surface area contributed by atoms with Crippen LogP contribution in [0.2, 0.25) is 0 Å². The number of piperidine rings is 2. The van der Waals surface area contributed by atoms with Crippen molar-refractivity contribution < 1.29 is 9.53 Å². The standard InChI is InChI=1S/C35H41N5O2/c1-25-37-31-12-6-7-13-32(31)40(25)29-23-27-14-15-28(24-29)39(27)22-18-35(26-9-4-3-5-10-26)16-20-38(21-17-35)34(41)30-11-8-19-36-33(30)42-2/h3-13,19,27-29H,14-18,20-24H2,1-2H3/t27-,28+,29+. The van der Waals surface area contributed by atoms with Gasteiger partial charge in [0, 0.05) is 37.4 Å². The lowest BCUT2D eigenvalue weighted by atomic mass is 9.70. The number of carbonyl (C=O) groups excluding carboxylic acids is 1. The number of likely N-dealkylation sites (tertiary alicyclic amines) is 1. The molecule has 0 radical (unpaired) electrons. The minimum absolute atomic E-state index is 0.0176. The van der Waals surface area contributed by atoms with Gasteiger partial charge in [0.25, 0.3) is 5.91 Å². The number of para-hydroxylation sites is 2. The Hall–Kier alpha value is -3.71. The molecule has 7 nitrogen and oxygen atoms in total. The van der Waals surface area contributed by atoms with Crippen LogP contribution >= 0.6 is 0 Å². The summed E-state index contributed by atoms with van der Waals surface area (Å²) in [7, 11) is 1.57. The molecule has 0 saturated carbocycles. The van der Waals surface area contributed by atoms with Crippen LogP contribution in [0, 0.1) is 6.92 Å². The molecule has 4 aromatic rings. The average molecular weight is 564 g/mol. The molecule has 218 valence electrons. The second-order valence-corrected chi connectivity index (χ2v) is 12.5. The maximum absolute atomic E-state index is 13.5. The Bertz CT molecular complexity index is 1540. The number of methoxy groups -OCH3 is 1. The quantitative estimate of drug-likeness (QED) is 0.269. The van der Waals surface area contributed by atoms with E-state index in [2.05, 4.69) is 76.0 Å². The van der Waals surface area contributed by atoms with Crippen molar-refractivity contribution >= 4 is 16.9 Å². The van der Waals surface area contributed by atoms with Crippen molar-refractivity contribution in [2.75, 3.05) is 26.7 Å². The third-order valence-electron chi connectivity index (χ3n) is 10.4. The summed E-state index contributed by atoms with van der Waals surface area (Å²) in [5.41, 5.74) is 4.43. The zero-order valence-corrected chi connectivity index (χ0v) is 24.8. The lowest BCUT2D eigenvalue weighted by Gasteiger charge is -2.45. The molecule has 3 fully saturated rings. The molecule has 7 rings (SSSR count). The van der Waals surface area contributed by atoms with Crippen LogP contribution in [0.4, 0.5) is 0 Å². The van der Waals surface area contributed by atoms with Gasteiger partial charge in [0.2, 0.25) is 5.88 Å². The molecule has 3 saturated heterocycles. The van der Waals surface area contributed by atoms with Crippen molar-refractivity contribution in [1.82, 2.24) is 24.3 Å². The lowest BCUT2D eigenvalue weighted by molar-refractivity contribution is 0.0603. The maximum atomic E-state index is 13.5. The van der Waals surface area contributed by atoms with Gasteiger partial charge < -0.3 is 14.2 Å². The largest absolute Gasteiger partial charge is 0.480 e.